The quantitative estimate of drug-likeness (QED) is 0.492. The number of ether oxygens (including phenoxy) is 2. The van der Waals surface area contributed by atoms with Gasteiger partial charge in [0.05, 0.1) is 25.6 Å². The van der Waals surface area contributed by atoms with Gasteiger partial charge < -0.3 is 14.8 Å². The van der Waals surface area contributed by atoms with Crippen LogP contribution in [0.15, 0.2) is 65.6 Å². The number of hydrogen-bond donors (Lipinski definition) is 1. The second-order valence-electron chi connectivity index (χ2n) is 7.40. The second kappa shape index (κ2) is 10.1. The Hall–Kier alpha value is -3.23. The molecular weight excluding hydrogens is 464 g/mol. The van der Waals surface area contributed by atoms with E-state index in [4.69, 9.17) is 21.1 Å². The Morgan fingerprint density at radius 2 is 1.61 bits per heavy atom. The van der Waals surface area contributed by atoms with E-state index in [-0.39, 0.29) is 10.6 Å². The minimum absolute atomic E-state index is 0.0281. The van der Waals surface area contributed by atoms with Crippen molar-refractivity contribution < 1.29 is 22.7 Å². The van der Waals surface area contributed by atoms with E-state index in [1.54, 1.807) is 49.4 Å². The van der Waals surface area contributed by atoms with Crippen LogP contribution >= 0.6 is 11.6 Å². The molecule has 0 saturated carbocycles. The van der Waals surface area contributed by atoms with Gasteiger partial charge in [0.15, 0.2) is 0 Å². The Morgan fingerprint density at radius 1 is 0.939 bits per heavy atom. The summed E-state index contributed by atoms with van der Waals surface area (Å²) in [6, 6.07) is 16.6. The van der Waals surface area contributed by atoms with Crippen molar-refractivity contribution in [3.63, 3.8) is 0 Å². The lowest BCUT2D eigenvalue weighted by atomic mass is 10.2. The molecule has 0 aliphatic rings. The summed E-state index contributed by atoms with van der Waals surface area (Å²) in [5.74, 6) is 0.0282. The molecule has 3 aromatic rings. The number of benzene rings is 3. The Morgan fingerprint density at radius 3 is 2.27 bits per heavy atom. The van der Waals surface area contributed by atoms with Crippen molar-refractivity contribution >= 4 is 38.9 Å². The Bertz CT molecular complexity index is 1280. The number of carbonyl (C=O) groups excluding carboxylic acids is 1. The van der Waals surface area contributed by atoms with Crippen LogP contribution in [0.5, 0.6) is 11.5 Å². The second-order valence-corrected chi connectivity index (χ2v) is 9.66. The van der Waals surface area contributed by atoms with Crippen molar-refractivity contribution in [2.45, 2.75) is 18.7 Å². The van der Waals surface area contributed by atoms with Gasteiger partial charge in [-0.15, -0.1) is 0 Å². The minimum Gasteiger partial charge on any atom is -0.495 e. The number of sulfonamides is 1. The summed E-state index contributed by atoms with van der Waals surface area (Å²) >= 11 is 6.05. The van der Waals surface area contributed by atoms with E-state index in [1.807, 2.05) is 13.0 Å². The molecule has 1 N–H and O–H groups in total. The van der Waals surface area contributed by atoms with E-state index in [9.17, 15) is 13.2 Å². The number of amides is 1. The van der Waals surface area contributed by atoms with Gasteiger partial charge >= 0.3 is 0 Å². The molecule has 0 aliphatic carbocycles. The Balaban J connectivity index is 2.04. The number of nitrogens with zero attached hydrogens (tertiary/aromatic N) is 1. The lowest BCUT2D eigenvalue weighted by Gasteiger charge is -2.25. The first-order chi connectivity index (χ1) is 15.6. The third-order valence-corrected chi connectivity index (χ3v) is 6.93. The van der Waals surface area contributed by atoms with E-state index >= 15 is 0 Å². The maximum absolute atomic E-state index is 13.8. The number of carbonyl (C=O) groups is 1. The van der Waals surface area contributed by atoms with E-state index < -0.39 is 22.5 Å². The van der Waals surface area contributed by atoms with Crippen molar-refractivity contribution in [2.75, 3.05) is 30.4 Å². The van der Waals surface area contributed by atoms with E-state index in [0.717, 1.165) is 15.4 Å². The van der Waals surface area contributed by atoms with E-state index in [0.29, 0.717) is 22.1 Å². The fourth-order valence-electron chi connectivity index (χ4n) is 3.30. The smallest absolute Gasteiger partial charge is 0.268 e. The van der Waals surface area contributed by atoms with E-state index in [1.165, 1.54) is 26.4 Å². The highest BCUT2D eigenvalue weighted by Gasteiger charge is 2.30. The van der Waals surface area contributed by atoms with Gasteiger partial charge in [-0.3, -0.25) is 9.10 Å². The fourth-order valence-corrected chi connectivity index (χ4v) is 5.13. The standard InChI is InChI=1S/C24H25ClN2O5S/c1-16-6-5-7-19(12-16)27(33(29,30)23-13-17(2)8-10-22(23)32-4)15-24(28)26-20-14-18(25)9-11-21(20)31-3/h5-14H,15H2,1-4H3,(H,26,28). The zero-order valence-corrected chi connectivity index (χ0v) is 20.3. The fraction of sp³-hybridized carbons (Fsp3) is 0.208. The largest absolute Gasteiger partial charge is 0.495 e. The predicted molar refractivity (Wildman–Crippen MR) is 130 cm³/mol. The first kappa shape index (κ1) is 24.4. The van der Waals surface area contributed by atoms with Gasteiger partial charge in [0, 0.05) is 5.02 Å². The van der Waals surface area contributed by atoms with Crippen molar-refractivity contribution in [3.8, 4) is 11.5 Å². The summed E-state index contributed by atoms with van der Waals surface area (Å²) in [4.78, 5) is 13.0. The Kier molecular flexibility index (Phi) is 7.50. The van der Waals surface area contributed by atoms with Gasteiger partial charge in [-0.25, -0.2) is 8.42 Å². The molecule has 0 aromatic heterocycles. The number of nitrogens with one attached hydrogen (secondary N) is 1. The number of rotatable bonds is 8. The molecule has 0 atom stereocenters. The lowest BCUT2D eigenvalue weighted by Crippen LogP contribution is -2.38. The summed E-state index contributed by atoms with van der Waals surface area (Å²) in [5.41, 5.74) is 2.28. The average Bonchev–Trinajstić information content (AvgIpc) is 2.77. The van der Waals surface area contributed by atoms with Crippen LogP contribution in [-0.2, 0) is 14.8 Å². The van der Waals surface area contributed by atoms with Crippen LogP contribution in [-0.4, -0.2) is 35.1 Å². The highest BCUT2D eigenvalue weighted by atomic mass is 35.5. The van der Waals surface area contributed by atoms with Crippen LogP contribution in [0, 0.1) is 13.8 Å². The zero-order chi connectivity index (χ0) is 24.2. The highest BCUT2D eigenvalue weighted by Crippen LogP contribution is 2.32. The molecule has 3 rings (SSSR count). The monoisotopic (exact) mass is 488 g/mol. The maximum Gasteiger partial charge on any atom is 0.268 e. The number of aryl methyl sites for hydroxylation is 2. The van der Waals surface area contributed by atoms with Crippen LogP contribution in [0.25, 0.3) is 0 Å². The summed E-state index contributed by atoms with van der Waals surface area (Å²) in [6.07, 6.45) is 0. The Labute approximate surface area is 198 Å². The van der Waals surface area contributed by atoms with Crippen LogP contribution in [0.4, 0.5) is 11.4 Å². The molecule has 0 radical (unpaired) electrons. The molecule has 0 unspecified atom stereocenters. The minimum atomic E-state index is -4.16. The predicted octanol–water partition coefficient (Wildman–Crippen LogP) is 4.81. The summed E-state index contributed by atoms with van der Waals surface area (Å²) in [7, 11) is -1.29. The van der Waals surface area contributed by atoms with Crippen molar-refractivity contribution in [1.82, 2.24) is 0 Å². The van der Waals surface area contributed by atoms with Crippen LogP contribution in [0.1, 0.15) is 11.1 Å². The maximum atomic E-state index is 13.8. The van der Waals surface area contributed by atoms with Crippen molar-refractivity contribution in [1.29, 1.82) is 0 Å². The molecule has 0 spiro atoms. The molecule has 0 aliphatic heterocycles. The molecule has 7 nitrogen and oxygen atoms in total. The SMILES string of the molecule is COc1ccc(Cl)cc1NC(=O)CN(c1cccc(C)c1)S(=O)(=O)c1cc(C)ccc1OC. The van der Waals surface area contributed by atoms with Gasteiger partial charge in [0.25, 0.3) is 10.0 Å². The first-order valence-electron chi connectivity index (χ1n) is 10.0. The average molecular weight is 489 g/mol. The summed E-state index contributed by atoms with van der Waals surface area (Å²) in [5, 5.41) is 3.10. The van der Waals surface area contributed by atoms with Gasteiger partial charge in [-0.05, 0) is 67.4 Å². The van der Waals surface area contributed by atoms with Gasteiger partial charge in [-0.2, -0.15) is 0 Å². The molecule has 1 amide bonds. The molecule has 33 heavy (non-hydrogen) atoms. The molecular formula is C24H25ClN2O5S. The number of anilines is 2. The molecule has 0 heterocycles. The number of halogens is 1. The molecule has 0 saturated heterocycles. The van der Waals surface area contributed by atoms with Crippen molar-refractivity contribution in [2.24, 2.45) is 0 Å². The van der Waals surface area contributed by atoms with E-state index in [2.05, 4.69) is 5.32 Å². The summed E-state index contributed by atoms with van der Waals surface area (Å²) in [6.45, 7) is 3.16. The summed E-state index contributed by atoms with van der Waals surface area (Å²) < 4.78 is 39.1. The molecule has 0 fully saturated rings. The van der Waals surface area contributed by atoms with Gasteiger partial charge in [-0.1, -0.05) is 29.8 Å². The molecule has 174 valence electrons. The number of methoxy groups -OCH3 is 2. The normalized spacial score (nSPS) is 11.1. The highest BCUT2D eigenvalue weighted by molar-refractivity contribution is 7.93. The van der Waals surface area contributed by atoms with Crippen LogP contribution < -0.4 is 19.1 Å². The third-order valence-electron chi connectivity index (χ3n) is 4.90. The van der Waals surface area contributed by atoms with Gasteiger partial charge in [0.1, 0.15) is 22.9 Å². The zero-order valence-electron chi connectivity index (χ0n) is 18.8. The third kappa shape index (κ3) is 5.58. The topological polar surface area (TPSA) is 84.9 Å². The molecule has 3 aromatic carbocycles. The number of hydrogen-bond acceptors (Lipinski definition) is 5. The van der Waals surface area contributed by atoms with Crippen LogP contribution in [0.3, 0.4) is 0 Å². The molecule has 0 bridgehead atoms. The van der Waals surface area contributed by atoms with Crippen LogP contribution in [0.2, 0.25) is 5.02 Å². The molecule has 9 heteroatoms. The lowest BCUT2D eigenvalue weighted by molar-refractivity contribution is -0.114. The van der Waals surface area contributed by atoms with Gasteiger partial charge in [0.2, 0.25) is 5.91 Å². The van der Waals surface area contributed by atoms with Crippen molar-refractivity contribution in [3.05, 3.63) is 76.8 Å². The first-order valence-corrected chi connectivity index (χ1v) is 11.8.